The lowest BCUT2D eigenvalue weighted by Crippen LogP contribution is -2.17. The van der Waals surface area contributed by atoms with E-state index in [1.165, 1.54) is 24.3 Å². The van der Waals surface area contributed by atoms with E-state index >= 15 is 0 Å². The van der Waals surface area contributed by atoms with Crippen LogP contribution in [0.15, 0.2) is 78.9 Å². The van der Waals surface area contributed by atoms with Crippen molar-refractivity contribution in [2.75, 3.05) is 0 Å². The molecule has 0 amide bonds. The molecule has 0 heterocycles. The minimum atomic E-state index is -4.71. The third-order valence-electron chi connectivity index (χ3n) is 3.94. The fourth-order valence-electron chi connectivity index (χ4n) is 2.61. The molecule has 3 rings (SSSR count). The maximum Gasteiger partial charge on any atom is 0.573 e. The van der Waals surface area contributed by atoms with Crippen LogP contribution in [0.2, 0.25) is 0 Å². The van der Waals surface area contributed by atoms with Gasteiger partial charge in [0, 0.05) is 0 Å². The first-order valence-electron chi connectivity index (χ1n) is 8.29. The highest BCUT2D eigenvalue weighted by Crippen LogP contribution is 2.27. The minimum absolute atomic E-state index is 0. The summed E-state index contributed by atoms with van der Waals surface area (Å²) in [7, 11) is 0. The van der Waals surface area contributed by atoms with Gasteiger partial charge in [-0.25, -0.2) is 0 Å². The lowest BCUT2D eigenvalue weighted by Gasteiger charge is -2.15. The van der Waals surface area contributed by atoms with Crippen molar-refractivity contribution in [1.82, 2.24) is 0 Å². The highest BCUT2D eigenvalue weighted by molar-refractivity contribution is 5.85. The zero-order valence-electron chi connectivity index (χ0n) is 14.7. The molecule has 0 radical (unpaired) electrons. The van der Waals surface area contributed by atoms with Crippen LogP contribution in [0.3, 0.4) is 0 Å². The van der Waals surface area contributed by atoms with Crippen LogP contribution in [0.5, 0.6) is 11.5 Å². The number of nitrogens with two attached hydrogens (primary N) is 1. The van der Waals surface area contributed by atoms with Crippen LogP contribution in [-0.2, 0) is 6.61 Å². The SMILES string of the molecule is Cl.N[C@H](c1ccc(OC(F)(F)F)cc1)c1cccc(OCc2ccccc2)c1. The first kappa shape index (κ1) is 21.6. The molecule has 0 aliphatic carbocycles. The molecule has 2 N–H and O–H groups in total. The second-order valence-corrected chi connectivity index (χ2v) is 5.94. The van der Waals surface area contributed by atoms with Crippen molar-refractivity contribution in [2.45, 2.75) is 19.0 Å². The van der Waals surface area contributed by atoms with Gasteiger partial charge in [-0.3, -0.25) is 0 Å². The van der Waals surface area contributed by atoms with Gasteiger partial charge >= 0.3 is 6.36 Å². The van der Waals surface area contributed by atoms with E-state index in [9.17, 15) is 13.2 Å². The molecule has 0 bridgehead atoms. The first-order valence-corrected chi connectivity index (χ1v) is 8.29. The van der Waals surface area contributed by atoms with Gasteiger partial charge < -0.3 is 15.2 Å². The Hall–Kier alpha value is -2.70. The van der Waals surface area contributed by atoms with E-state index in [-0.39, 0.29) is 18.2 Å². The maximum atomic E-state index is 12.2. The Kier molecular flexibility index (Phi) is 7.31. The van der Waals surface area contributed by atoms with E-state index in [0.29, 0.717) is 17.9 Å². The van der Waals surface area contributed by atoms with Gasteiger partial charge in [-0.2, -0.15) is 0 Å². The van der Waals surface area contributed by atoms with Crippen LogP contribution < -0.4 is 15.2 Å². The van der Waals surface area contributed by atoms with Gasteiger partial charge in [-0.15, -0.1) is 25.6 Å². The summed E-state index contributed by atoms with van der Waals surface area (Å²) in [5.41, 5.74) is 8.77. The molecule has 148 valence electrons. The Morgan fingerprint density at radius 3 is 2.11 bits per heavy atom. The third kappa shape index (κ3) is 6.18. The van der Waals surface area contributed by atoms with Crippen LogP contribution in [0, 0.1) is 0 Å². The summed E-state index contributed by atoms with van der Waals surface area (Å²) < 4.78 is 46.4. The van der Waals surface area contributed by atoms with Crippen molar-refractivity contribution in [3.63, 3.8) is 0 Å². The molecule has 0 spiro atoms. The molecule has 0 aliphatic rings. The second-order valence-electron chi connectivity index (χ2n) is 5.94. The molecule has 3 aromatic rings. The van der Waals surface area contributed by atoms with E-state index in [2.05, 4.69) is 4.74 Å². The Morgan fingerprint density at radius 1 is 0.786 bits per heavy atom. The highest BCUT2D eigenvalue weighted by atomic mass is 35.5. The Labute approximate surface area is 167 Å². The van der Waals surface area contributed by atoms with Crippen molar-refractivity contribution in [3.8, 4) is 11.5 Å². The zero-order valence-corrected chi connectivity index (χ0v) is 15.5. The minimum Gasteiger partial charge on any atom is -0.489 e. The van der Waals surface area contributed by atoms with Crippen molar-refractivity contribution in [1.29, 1.82) is 0 Å². The molecule has 0 fully saturated rings. The van der Waals surface area contributed by atoms with Crippen LogP contribution in [-0.4, -0.2) is 6.36 Å². The largest absolute Gasteiger partial charge is 0.573 e. The molecule has 0 aromatic heterocycles. The number of halogens is 4. The Morgan fingerprint density at radius 2 is 1.46 bits per heavy atom. The van der Waals surface area contributed by atoms with Crippen molar-refractivity contribution in [3.05, 3.63) is 95.6 Å². The highest BCUT2D eigenvalue weighted by Gasteiger charge is 2.31. The van der Waals surface area contributed by atoms with E-state index in [0.717, 1.165) is 11.1 Å². The van der Waals surface area contributed by atoms with Gasteiger partial charge in [0.1, 0.15) is 18.1 Å². The van der Waals surface area contributed by atoms with Gasteiger partial charge in [-0.05, 0) is 41.0 Å². The molecule has 0 aliphatic heterocycles. The van der Waals surface area contributed by atoms with Crippen LogP contribution in [0.25, 0.3) is 0 Å². The first-order chi connectivity index (χ1) is 12.9. The van der Waals surface area contributed by atoms with Crippen molar-refractivity contribution >= 4 is 12.4 Å². The number of rotatable bonds is 6. The molecule has 0 saturated heterocycles. The van der Waals surface area contributed by atoms with Gasteiger partial charge in [0.05, 0.1) is 6.04 Å². The summed E-state index contributed by atoms with van der Waals surface area (Å²) in [6.45, 7) is 0.434. The average molecular weight is 410 g/mol. The number of hydrogen-bond acceptors (Lipinski definition) is 3. The lowest BCUT2D eigenvalue weighted by molar-refractivity contribution is -0.274. The summed E-state index contributed by atoms with van der Waals surface area (Å²) in [5, 5.41) is 0. The predicted octanol–water partition coefficient (Wildman–Crippen LogP) is 5.63. The molecule has 7 heteroatoms. The van der Waals surface area contributed by atoms with Crippen LogP contribution in [0.4, 0.5) is 13.2 Å². The van der Waals surface area contributed by atoms with Crippen LogP contribution in [0.1, 0.15) is 22.7 Å². The maximum absolute atomic E-state index is 12.2. The fraction of sp³-hybridized carbons (Fsp3) is 0.143. The molecule has 3 nitrogen and oxygen atoms in total. The summed E-state index contributed by atoms with van der Waals surface area (Å²) in [6.07, 6.45) is -4.71. The molecule has 28 heavy (non-hydrogen) atoms. The van der Waals surface area contributed by atoms with E-state index in [4.69, 9.17) is 10.5 Å². The van der Waals surface area contributed by atoms with Gasteiger partial charge in [0.15, 0.2) is 0 Å². The van der Waals surface area contributed by atoms with Gasteiger partial charge in [0.25, 0.3) is 0 Å². The normalized spacial score (nSPS) is 12.0. The molecule has 3 aromatic carbocycles. The second kappa shape index (κ2) is 9.48. The van der Waals surface area contributed by atoms with Gasteiger partial charge in [-0.1, -0.05) is 54.6 Å². The number of alkyl halides is 3. The molecule has 0 saturated carbocycles. The van der Waals surface area contributed by atoms with E-state index in [1.807, 2.05) is 54.6 Å². The standard InChI is InChI=1S/C21H18F3NO2.ClH/c22-21(23,24)27-18-11-9-16(10-12-18)20(25)17-7-4-8-19(13-17)26-14-15-5-2-1-3-6-15;/h1-13,20H,14,25H2;1H/t20-;/m1./s1. The Bertz CT molecular complexity index is 871. The smallest absolute Gasteiger partial charge is 0.489 e. The van der Waals surface area contributed by atoms with Crippen LogP contribution >= 0.6 is 12.4 Å². The summed E-state index contributed by atoms with van der Waals surface area (Å²) in [5.74, 6) is 0.391. The average Bonchev–Trinajstić information content (AvgIpc) is 2.66. The summed E-state index contributed by atoms with van der Waals surface area (Å²) in [4.78, 5) is 0. The number of ether oxygens (including phenoxy) is 2. The summed E-state index contributed by atoms with van der Waals surface area (Å²) >= 11 is 0. The monoisotopic (exact) mass is 409 g/mol. The molecular formula is C21H19ClF3NO2. The molecule has 0 unspecified atom stereocenters. The van der Waals surface area contributed by atoms with Gasteiger partial charge in [0.2, 0.25) is 0 Å². The third-order valence-corrected chi connectivity index (χ3v) is 3.94. The zero-order chi connectivity index (χ0) is 19.3. The van der Waals surface area contributed by atoms with Crippen molar-refractivity contribution in [2.24, 2.45) is 5.73 Å². The molecular weight excluding hydrogens is 391 g/mol. The lowest BCUT2D eigenvalue weighted by atomic mass is 9.99. The van der Waals surface area contributed by atoms with E-state index < -0.39 is 12.4 Å². The number of benzene rings is 3. The van der Waals surface area contributed by atoms with Crippen molar-refractivity contribution < 1.29 is 22.6 Å². The topological polar surface area (TPSA) is 44.5 Å². The fourth-order valence-corrected chi connectivity index (χ4v) is 2.61. The predicted molar refractivity (Wildman–Crippen MR) is 104 cm³/mol. The quantitative estimate of drug-likeness (QED) is 0.573. The molecule has 1 atom stereocenters. The summed E-state index contributed by atoms with van der Waals surface area (Å²) in [6, 6.07) is 22.1. The number of hydrogen-bond donors (Lipinski definition) is 1. The Balaban J connectivity index is 0.00000280. The van der Waals surface area contributed by atoms with E-state index in [1.54, 1.807) is 0 Å².